The largest absolute Gasteiger partial charge is 0.342 e. The maximum Gasteiger partial charge on any atom is 0.243 e. The molecule has 0 bridgehead atoms. The zero-order chi connectivity index (χ0) is 23.0. The van der Waals surface area contributed by atoms with Crippen molar-refractivity contribution in [2.24, 2.45) is 5.92 Å². The summed E-state index contributed by atoms with van der Waals surface area (Å²) in [5.74, 6) is -0.598. The first-order chi connectivity index (χ1) is 15.9. The molecule has 9 heteroatoms. The zero-order valence-corrected chi connectivity index (χ0v) is 19.8. The van der Waals surface area contributed by atoms with Crippen LogP contribution in [0.1, 0.15) is 36.6 Å². The SMILES string of the molecule is O=C([C@@H]1CCCN(S(=O)(=O)c2ccc(F)cc2)C1)N1CCC[C@@H](c2nc3ccccc3s2)C1. The number of carbonyl (C=O) groups is 1. The van der Waals surface area contributed by atoms with Crippen LogP contribution < -0.4 is 0 Å². The summed E-state index contributed by atoms with van der Waals surface area (Å²) in [5, 5.41) is 1.07. The standard InChI is InChI=1S/C24H26FN3O3S2/c25-19-9-11-20(12-10-19)33(30,31)28-14-4-6-18(16-28)24(29)27-13-3-5-17(15-27)23-26-21-7-1-2-8-22(21)32-23/h1-2,7-12,17-18H,3-6,13-16H2/t17-,18-/m1/s1. The maximum absolute atomic E-state index is 13.4. The highest BCUT2D eigenvalue weighted by molar-refractivity contribution is 7.89. The number of amides is 1. The molecule has 2 aliphatic rings. The van der Waals surface area contributed by atoms with Gasteiger partial charge in [-0.05, 0) is 62.1 Å². The van der Waals surface area contributed by atoms with Gasteiger partial charge in [0.2, 0.25) is 15.9 Å². The molecule has 2 aliphatic heterocycles. The number of fused-ring (bicyclic) bond motifs is 1. The van der Waals surface area contributed by atoms with Crippen LogP contribution in [0, 0.1) is 11.7 Å². The van der Waals surface area contributed by atoms with Crippen LogP contribution in [0.15, 0.2) is 53.4 Å². The van der Waals surface area contributed by atoms with Crippen LogP contribution in [0.4, 0.5) is 4.39 Å². The van der Waals surface area contributed by atoms with Crippen molar-refractivity contribution in [1.29, 1.82) is 0 Å². The Kier molecular flexibility index (Phi) is 6.20. The number of carbonyl (C=O) groups excluding carboxylic acids is 1. The fourth-order valence-corrected chi connectivity index (χ4v) is 7.44. The Morgan fingerprint density at radius 2 is 1.76 bits per heavy atom. The van der Waals surface area contributed by atoms with E-state index in [1.165, 1.54) is 16.4 Å². The molecule has 1 aromatic heterocycles. The van der Waals surface area contributed by atoms with E-state index >= 15 is 0 Å². The van der Waals surface area contributed by atoms with E-state index in [9.17, 15) is 17.6 Å². The van der Waals surface area contributed by atoms with Gasteiger partial charge in [-0.25, -0.2) is 17.8 Å². The predicted molar refractivity (Wildman–Crippen MR) is 126 cm³/mol. The summed E-state index contributed by atoms with van der Waals surface area (Å²) >= 11 is 1.69. The minimum atomic E-state index is -3.76. The summed E-state index contributed by atoms with van der Waals surface area (Å²) in [7, 11) is -3.76. The third-order valence-electron chi connectivity index (χ3n) is 6.58. The van der Waals surface area contributed by atoms with Crippen molar-refractivity contribution in [3.8, 4) is 0 Å². The summed E-state index contributed by atoms with van der Waals surface area (Å²) in [4.78, 5) is 20.1. The van der Waals surface area contributed by atoms with Crippen LogP contribution >= 0.6 is 11.3 Å². The highest BCUT2D eigenvalue weighted by atomic mass is 32.2. The molecule has 5 rings (SSSR count). The molecule has 0 radical (unpaired) electrons. The fourth-order valence-electron chi connectivity index (χ4n) is 4.82. The third kappa shape index (κ3) is 4.54. The lowest BCUT2D eigenvalue weighted by Gasteiger charge is -2.37. The molecular weight excluding hydrogens is 461 g/mol. The number of rotatable bonds is 4. The van der Waals surface area contributed by atoms with Crippen molar-refractivity contribution in [1.82, 2.24) is 14.2 Å². The summed E-state index contributed by atoms with van der Waals surface area (Å²) in [6.07, 6.45) is 3.22. The van der Waals surface area contributed by atoms with Crippen molar-refractivity contribution >= 4 is 37.5 Å². The second-order valence-corrected chi connectivity index (χ2v) is 11.8. The van der Waals surface area contributed by atoms with E-state index in [4.69, 9.17) is 4.98 Å². The second kappa shape index (κ2) is 9.12. The summed E-state index contributed by atoms with van der Waals surface area (Å²) in [6.45, 7) is 1.86. The second-order valence-electron chi connectivity index (χ2n) is 8.80. The number of halogens is 1. The molecule has 6 nitrogen and oxygen atoms in total. The smallest absolute Gasteiger partial charge is 0.243 e. The van der Waals surface area contributed by atoms with E-state index in [0.29, 0.717) is 32.5 Å². The number of piperidine rings is 2. The molecule has 2 atom stereocenters. The summed E-state index contributed by atoms with van der Waals surface area (Å²) < 4.78 is 41.9. The first-order valence-corrected chi connectivity index (χ1v) is 13.6. The number of thiazole rings is 1. The molecule has 0 unspecified atom stereocenters. The molecule has 174 valence electrons. The van der Waals surface area contributed by atoms with E-state index in [1.54, 1.807) is 11.3 Å². The predicted octanol–water partition coefficient (Wildman–Crippen LogP) is 4.24. The van der Waals surface area contributed by atoms with Crippen molar-refractivity contribution < 1.29 is 17.6 Å². The molecule has 2 saturated heterocycles. The molecule has 0 aliphatic carbocycles. The number of hydrogen-bond acceptors (Lipinski definition) is 5. The van der Waals surface area contributed by atoms with Crippen molar-refractivity contribution in [2.45, 2.75) is 36.5 Å². The van der Waals surface area contributed by atoms with Gasteiger partial charge >= 0.3 is 0 Å². The molecular formula is C24H26FN3O3S2. The van der Waals surface area contributed by atoms with Crippen molar-refractivity contribution in [3.63, 3.8) is 0 Å². The fraction of sp³-hybridized carbons (Fsp3) is 0.417. The average Bonchev–Trinajstić information content (AvgIpc) is 3.28. The number of likely N-dealkylation sites (tertiary alicyclic amines) is 1. The van der Waals surface area contributed by atoms with E-state index in [-0.39, 0.29) is 29.2 Å². The van der Waals surface area contributed by atoms with Crippen LogP contribution in [0.5, 0.6) is 0 Å². The lowest BCUT2D eigenvalue weighted by molar-refractivity contribution is -0.137. The van der Waals surface area contributed by atoms with E-state index in [2.05, 4.69) is 6.07 Å². The molecule has 33 heavy (non-hydrogen) atoms. The quantitative estimate of drug-likeness (QED) is 0.552. The minimum Gasteiger partial charge on any atom is -0.342 e. The van der Waals surface area contributed by atoms with E-state index in [0.717, 1.165) is 40.2 Å². The number of para-hydroxylation sites is 1. The van der Waals surface area contributed by atoms with Crippen LogP contribution in [-0.2, 0) is 14.8 Å². The van der Waals surface area contributed by atoms with Gasteiger partial charge in [-0.3, -0.25) is 4.79 Å². The minimum absolute atomic E-state index is 0.0276. The van der Waals surface area contributed by atoms with E-state index in [1.807, 2.05) is 23.1 Å². The maximum atomic E-state index is 13.4. The Bertz CT molecular complexity index is 1230. The van der Waals surface area contributed by atoms with Crippen LogP contribution in [0.25, 0.3) is 10.2 Å². The molecule has 0 N–H and O–H groups in total. The van der Waals surface area contributed by atoms with Gasteiger partial charge in [0.15, 0.2) is 0 Å². The van der Waals surface area contributed by atoms with Crippen molar-refractivity contribution in [2.75, 3.05) is 26.2 Å². The first-order valence-electron chi connectivity index (χ1n) is 11.3. The normalized spacial score (nSPS) is 22.5. The Balaban J connectivity index is 1.29. The van der Waals surface area contributed by atoms with Gasteiger partial charge in [-0.1, -0.05) is 12.1 Å². The van der Waals surface area contributed by atoms with Gasteiger partial charge in [0.05, 0.1) is 26.0 Å². The van der Waals surface area contributed by atoms with Crippen LogP contribution in [-0.4, -0.2) is 54.7 Å². The molecule has 3 aromatic rings. The van der Waals surface area contributed by atoms with Crippen molar-refractivity contribution in [3.05, 3.63) is 59.4 Å². The number of hydrogen-bond donors (Lipinski definition) is 0. The number of nitrogens with zero attached hydrogens (tertiary/aromatic N) is 3. The third-order valence-corrected chi connectivity index (χ3v) is 9.66. The zero-order valence-electron chi connectivity index (χ0n) is 18.2. The summed E-state index contributed by atoms with van der Waals surface area (Å²) in [5.41, 5.74) is 0.995. The molecule has 1 amide bonds. The summed E-state index contributed by atoms with van der Waals surface area (Å²) in [6, 6.07) is 12.9. The Labute approximate surface area is 197 Å². The monoisotopic (exact) mass is 487 g/mol. The molecule has 0 saturated carbocycles. The first kappa shape index (κ1) is 22.4. The molecule has 2 aromatic carbocycles. The Morgan fingerprint density at radius 1 is 1.00 bits per heavy atom. The molecule has 0 spiro atoms. The van der Waals surface area contributed by atoms with Crippen LogP contribution in [0.2, 0.25) is 0 Å². The molecule has 3 heterocycles. The van der Waals surface area contributed by atoms with Gasteiger partial charge in [0, 0.05) is 32.1 Å². The van der Waals surface area contributed by atoms with Gasteiger partial charge < -0.3 is 4.90 Å². The van der Waals surface area contributed by atoms with Gasteiger partial charge in [0.25, 0.3) is 0 Å². The lowest BCUT2D eigenvalue weighted by atomic mass is 9.94. The number of aromatic nitrogens is 1. The van der Waals surface area contributed by atoms with Gasteiger partial charge in [0.1, 0.15) is 5.82 Å². The molecule has 2 fully saturated rings. The number of sulfonamides is 1. The van der Waals surface area contributed by atoms with Gasteiger partial charge in [-0.2, -0.15) is 4.31 Å². The van der Waals surface area contributed by atoms with Gasteiger partial charge in [-0.15, -0.1) is 11.3 Å². The Morgan fingerprint density at radius 3 is 2.55 bits per heavy atom. The average molecular weight is 488 g/mol. The Hall–Kier alpha value is -2.36. The topological polar surface area (TPSA) is 70.6 Å². The van der Waals surface area contributed by atoms with E-state index < -0.39 is 15.8 Å². The lowest BCUT2D eigenvalue weighted by Crippen LogP contribution is -2.48. The number of benzene rings is 2. The highest BCUT2D eigenvalue weighted by Gasteiger charge is 2.36. The highest BCUT2D eigenvalue weighted by Crippen LogP contribution is 2.34. The van der Waals surface area contributed by atoms with Crippen LogP contribution in [0.3, 0.4) is 0 Å².